The smallest absolute Gasteiger partial charge is 0.127 e. The molecule has 1 heterocycles. The standard InChI is InChI=1S/C17H27FN2O/c1-3-8-19-12-14-4-5-17(18)15(11-14)13-20-9-6-16(21-2)7-10-20/h4-5,11,16,19H,3,6-10,12-13H2,1-2H3. The zero-order chi connectivity index (χ0) is 15.1. The van der Waals surface area contributed by atoms with Gasteiger partial charge in [-0.25, -0.2) is 4.39 Å². The van der Waals surface area contributed by atoms with Crippen molar-refractivity contribution in [3.8, 4) is 0 Å². The van der Waals surface area contributed by atoms with Crippen molar-refractivity contribution >= 4 is 0 Å². The zero-order valence-corrected chi connectivity index (χ0v) is 13.2. The minimum atomic E-state index is -0.0943. The second-order valence-corrected chi connectivity index (χ2v) is 5.81. The van der Waals surface area contributed by atoms with E-state index in [1.165, 1.54) is 0 Å². The van der Waals surface area contributed by atoms with Gasteiger partial charge in [-0.15, -0.1) is 0 Å². The van der Waals surface area contributed by atoms with Crippen LogP contribution in [-0.2, 0) is 17.8 Å². The van der Waals surface area contributed by atoms with Gasteiger partial charge >= 0.3 is 0 Å². The van der Waals surface area contributed by atoms with E-state index >= 15 is 0 Å². The van der Waals surface area contributed by atoms with Crippen LogP contribution in [0.4, 0.5) is 4.39 Å². The predicted octanol–water partition coefficient (Wildman–Crippen LogP) is 2.94. The van der Waals surface area contributed by atoms with E-state index in [-0.39, 0.29) is 5.82 Å². The monoisotopic (exact) mass is 294 g/mol. The van der Waals surface area contributed by atoms with Crippen LogP contribution in [0.1, 0.15) is 37.3 Å². The van der Waals surface area contributed by atoms with E-state index in [1.807, 2.05) is 12.1 Å². The van der Waals surface area contributed by atoms with E-state index in [0.717, 1.165) is 56.6 Å². The summed E-state index contributed by atoms with van der Waals surface area (Å²) in [6, 6.07) is 5.47. The zero-order valence-electron chi connectivity index (χ0n) is 13.2. The quantitative estimate of drug-likeness (QED) is 0.783. The molecule has 1 aromatic rings. The molecular weight excluding hydrogens is 267 g/mol. The summed E-state index contributed by atoms with van der Waals surface area (Å²) in [7, 11) is 1.77. The van der Waals surface area contributed by atoms with E-state index in [0.29, 0.717) is 12.6 Å². The highest BCUT2D eigenvalue weighted by molar-refractivity contribution is 5.25. The Morgan fingerprint density at radius 3 is 2.76 bits per heavy atom. The van der Waals surface area contributed by atoms with Crippen molar-refractivity contribution in [2.24, 2.45) is 0 Å². The summed E-state index contributed by atoms with van der Waals surface area (Å²) in [6.45, 7) is 6.62. The first kappa shape index (κ1) is 16.4. The Morgan fingerprint density at radius 2 is 2.10 bits per heavy atom. The Labute approximate surface area is 127 Å². The molecule has 0 atom stereocenters. The molecule has 1 fully saturated rings. The summed E-state index contributed by atoms with van der Waals surface area (Å²) < 4.78 is 19.4. The first-order valence-electron chi connectivity index (χ1n) is 7.96. The van der Waals surface area contributed by atoms with Crippen LogP contribution in [0.5, 0.6) is 0 Å². The van der Waals surface area contributed by atoms with Crippen LogP contribution in [0.25, 0.3) is 0 Å². The van der Waals surface area contributed by atoms with Crippen molar-refractivity contribution in [2.75, 3.05) is 26.7 Å². The fourth-order valence-electron chi connectivity index (χ4n) is 2.81. The molecule has 0 unspecified atom stereocenters. The summed E-state index contributed by atoms with van der Waals surface area (Å²) in [5, 5.41) is 3.36. The molecule has 0 saturated carbocycles. The van der Waals surface area contributed by atoms with Crippen LogP contribution < -0.4 is 5.32 Å². The molecule has 1 aliphatic heterocycles. The van der Waals surface area contributed by atoms with Crippen LogP contribution in [0, 0.1) is 5.82 Å². The Kier molecular flexibility index (Phi) is 6.61. The second-order valence-electron chi connectivity index (χ2n) is 5.81. The summed E-state index contributed by atoms with van der Waals surface area (Å²) in [4.78, 5) is 2.32. The number of hydrogen-bond acceptors (Lipinski definition) is 3. The van der Waals surface area contributed by atoms with Crippen molar-refractivity contribution in [1.29, 1.82) is 0 Å². The minimum absolute atomic E-state index is 0.0943. The molecule has 1 aromatic carbocycles. The summed E-state index contributed by atoms with van der Waals surface area (Å²) in [6.07, 6.45) is 3.56. The first-order valence-corrected chi connectivity index (χ1v) is 7.96. The van der Waals surface area contributed by atoms with Gasteiger partial charge in [0.25, 0.3) is 0 Å². The number of methoxy groups -OCH3 is 1. The lowest BCUT2D eigenvalue weighted by Gasteiger charge is -2.31. The Balaban J connectivity index is 1.91. The van der Waals surface area contributed by atoms with Gasteiger partial charge in [-0.05, 0) is 37.4 Å². The van der Waals surface area contributed by atoms with Crippen molar-refractivity contribution in [3.63, 3.8) is 0 Å². The molecule has 21 heavy (non-hydrogen) atoms. The molecule has 0 radical (unpaired) electrons. The molecule has 0 bridgehead atoms. The Bertz CT molecular complexity index is 431. The topological polar surface area (TPSA) is 24.5 Å². The lowest BCUT2D eigenvalue weighted by molar-refractivity contribution is 0.0386. The van der Waals surface area contributed by atoms with E-state index in [4.69, 9.17) is 4.74 Å². The molecule has 1 N–H and O–H groups in total. The van der Waals surface area contributed by atoms with Crippen LogP contribution in [0.3, 0.4) is 0 Å². The van der Waals surface area contributed by atoms with E-state index in [9.17, 15) is 4.39 Å². The van der Waals surface area contributed by atoms with Crippen LogP contribution in [0.15, 0.2) is 18.2 Å². The lowest BCUT2D eigenvalue weighted by atomic mass is 10.1. The third-order valence-corrected chi connectivity index (χ3v) is 4.13. The van der Waals surface area contributed by atoms with Crippen molar-refractivity contribution in [3.05, 3.63) is 35.1 Å². The number of rotatable bonds is 7. The average Bonchev–Trinajstić information content (AvgIpc) is 2.51. The van der Waals surface area contributed by atoms with Gasteiger partial charge in [0.05, 0.1) is 6.10 Å². The molecule has 0 aliphatic carbocycles. The van der Waals surface area contributed by atoms with Crippen LogP contribution >= 0.6 is 0 Å². The highest BCUT2D eigenvalue weighted by Gasteiger charge is 2.19. The van der Waals surface area contributed by atoms with E-state index in [1.54, 1.807) is 13.2 Å². The van der Waals surface area contributed by atoms with Crippen molar-refractivity contribution < 1.29 is 9.13 Å². The van der Waals surface area contributed by atoms with Gasteiger partial charge in [0, 0.05) is 38.9 Å². The molecule has 1 aliphatic rings. The van der Waals surface area contributed by atoms with Gasteiger partial charge in [0.15, 0.2) is 0 Å². The van der Waals surface area contributed by atoms with Crippen molar-refractivity contribution in [1.82, 2.24) is 10.2 Å². The number of likely N-dealkylation sites (tertiary alicyclic amines) is 1. The average molecular weight is 294 g/mol. The number of halogens is 1. The highest BCUT2D eigenvalue weighted by Crippen LogP contribution is 2.18. The van der Waals surface area contributed by atoms with Gasteiger partial charge in [0.2, 0.25) is 0 Å². The molecule has 2 rings (SSSR count). The fourth-order valence-corrected chi connectivity index (χ4v) is 2.81. The number of benzene rings is 1. The molecule has 4 heteroatoms. The lowest BCUT2D eigenvalue weighted by Crippen LogP contribution is -2.36. The second kappa shape index (κ2) is 8.47. The van der Waals surface area contributed by atoms with Crippen LogP contribution in [0.2, 0.25) is 0 Å². The molecule has 118 valence electrons. The molecule has 1 saturated heterocycles. The van der Waals surface area contributed by atoms with Gasteiger partial charge in [0.1, 0.15) is 5.82 Å². The van der Waals surface area contributed by atoms with Gasteiger partial charge in [-0.1, -0.05) is 19.1 Å². The van der Waals surface area contributed by atoms with Crippen molar-refractivity contribution in [2.45, 2.75) is 45.4 Å². The molecule has 3 nitrogen and oxygen atoms in total. The fraction of sp³-hybridized carbons (Fsp3) is 0.647. The largest absolute Gasteiger partial charge is 0.381 e. The third-order valence-electron chi connectivity index (χ3n) is 4.13. The Morgan fingerprint density at radius 1 is 1.33 bits per heavy atom. The summed E-state index contributed by atoms with van der Waals surface area (Å²) in [5.74, 6) is -0.0943. The third kappa shape index (κ3) is 5.06. The number of nitrogens with zero attached hydrogens (tertiary/aromatic N) is 1. The summed E-state index contributed by atoms with van der Waals surface area (Å²) in [5.41, 5.74) is 1.97. The SMILES string of the molecule is CCCNCc1ccc(F)c(CN2CCC(OC)CC2)c1. The van der Waals surface area contributed by atoms with Gasteiger partial charge < -0.3 is 10.1 Å². The normalized spacial score (nSPS) is 17.3. The maximum Gasteiger partial charge on any atom is 0.127 e. The van der Waals surface area contributed by atoms with Crippen LogP contribution in [-0.4, -0.2) is 37.7 Å². The van der Waals surface area contributed by atoms with E-state index in [2.05, 4.69) is 17.1 Å². The number of hydrogen-bond donors (Lipinski definition) is 1. The number of piperidine rings is 1. The van der Waals surface area contributed by atoms with Gasteiger partial charge in [-0.3, -0.25) is 4.90 Å². The number of nitrogens with one attached hydrogen (secondary N) is 1. The summed E-state index contributed by atoms with van der Waals surface area (Å²) >= 11 is 0. The molecule has 0 amide bonds. The molecule has 0 spiro atoms. The minimum Gasteiger partial charge on any atom is -0.381 e. The molecular formula is C17H27FN2O. The maximum absolute atomic E-state index is 14.0. The predicted molar refractivity (Wildman–Crippen MR) is 83.7 cm³/mol. The Hall–Kier alpha value is -0.970. The first-order chi connectivity index (χ1) is 10.2. The maximum atomic E-state index is 14.0. The number of ether oxygens (including phenoxy) is 1. The highest BCUT2D eigenvalue weighted by atomic mass is 19.1. The van der Waals surface area contributed by atoms with Gasteiger partial charge in [-0.2, -0.15) is 0 Å². The molecule has 0 aromatic heterocycles. The van der Waals surface area contributed by atoms with E-state index < -0.39 is 0 Å².